The number of aryl methyl sites for hydroxylation is 2. The van der Waals surface area contributed by atoms with Crippen LogP contribution in [-0.4, -0.2) is 33.0 Å². The summed E-state index contributed by atoms with van der Waals surface area (Å²) in [5, 5.41) is 3.05. The molecular formula is C25H26FN4O3+. The summed E-state index contributed by atoms with van der Waals surface area (Å²) in [4.78, 5) is 41.6. The smallest absolute Gasteiger partial charge is 0.294 e. The van der Waals surface area contributed by atoms with E-state index in [1.807, 2.05) is 39.1 Å². The van der Waals surface area contributed by atoms with E-state index in [2.05, 4.69) is 5.10 Å². The number of amides is 2. The molecule has 1 aliphatic rings. The first-order valence-electron chi connectivity index (χ1n) is 11.1. The van der Waals surface area contributed by atoms with Crippen LogP contribution >= 0.6 is 0 Å². The van der Waals surface area contributed by atoms with Gasteiger partial charge in [0.2, 0.25) is 0 Å². The number of carbonyl (C=O) groups excluding carboxylic acids is 2. The number of nitrogens with one attached hydrogen (secondary N) is 1. The van der Waals surface area contributed by atoms with Gasteiger partial charge >= 0.3 is 5.91 Å². The minimum absolute atomic E-state index is 0.0886. The minimum atomic E-state index is -0.483. The van der Waals surface area contributed by atoms with E-state index in [-0.39, 0.29) is 23.4 Å². The number of H-pyrrole nitrogens is 1. The largest absolute Gasteiger partial charge is 0.326 e. The first-order valence-corrected chi connectivity index (χ1v) is 11.1. The Labute approximate surface area is 190 Å². The van der Waals surface area contributed by atoms with E-state index >= 15 is 0 Å². The predicted molar refractivity (Wildman–Crippen MR) is 122 cm³/mol. The van der Waals surface area contributed by atoms with Crippen molar-refractivity contribution in [2.45, 2.75) is 40.0 Å². The van der Waals surface area contributed by atoms with E-state index in [4.69, 9.17) is 0 Å². The highest BCUT2D eigenvalue weighted by atomic mass is 19.1. The molecule has 0 unspecified atom stereocenters. The number of hydrogen-bond acceptors (Lipinski definition) is 3. The van der Waals surface area contributed by atoms with Gasteiger partial charge in [0.15, 0.2) is 12.4 Å². The lowest BCUT2D eigenvalue weighted by Crippen LogP contribution is -2.40. The molecule has 0 bridgehead atoms. The van der Waals surface area contributed by atoms with Crippen molar-refractivity contribution in [2.75, 3.05) is 6.54 Å². The second kappa shape index (κ2) is 8.97. The molecule has 1 aromatic carbocycles. The average Bonchev–Trinajstić information content (AvgIpc) is 3.28. The molecule has 1 N–H and O–H groups in total. The molecule has 0 spiro atoms. The van der Waals surface area contributed by atoms with Crippen LogP contribution in [0.15, 0.2) is 53.6 Å². The molecule has 1 aliphatic heterocycles. The van der Waals surface area contributed by atoms with Crippen molar-refractivity contribution in [3.8, 4) is 5.69 Å². The number of hydrogen-bond donors (Lipinski definition) is 1. The number of halogens is 1. The summed E-state index contributed by atoms with van der Waals surface area (Å²) in [5.74, 6) is -1.33. The third-order valence-corrected chi connectivity index (χ3v) is 5.77. The lowest BCUT2D eigenvalue weighted by atomic mass is 10.0. The Bertz CT molecular complexity index is 1320. The Morgan fingerprint density at radius 3 is 2.33 bits per heavy atom. The summed E-state index contributed by atoms with van der Waals surface area (Å²) in [6.07, 6.45) is 5.32. The molecule has 0 radical (unpaired) electrons. The van der Waals surface area contributed by atoms with Crippen molar-refractivity contribution in [3.05, 3.63) is 81.8 Å². The summed E-state index contributed by atoms with van der Waals surface area (Å²) in [5.41, 5.74) is 1.93. The first kappa shape index (κ1) is 22.4. The van der Waals surface area contributed by atoms with Gasteiger partial charge in [-0.05, 0) is 49.6 Å². The van der Waals surface area contributed by atoms with Gasteiger partial charge in [-0.1, -0.05) is 20.8 Å². The maximum atomic E-state index is 13.6. The summed E-state index contributed by atoms with van der Waals surface area (Å²) >= 11 is 0. The van der Waals surface area contributed by atoms with Crippen molar-refractivity contribution in [3.63, 3.8) is 0 Å². The fourth-order valence-electron chi connectivity index (χ4n) is 4.10. The van der Waals surface area contributed by atoms with Crippen molar-refractivity contribution in [1.29, 1.82) is 0 Å². The molecule has 3 heterocycles. The Morgan fingerprint density at radius 1 is 0.970 bits per heavy atom. The molecule has 0 fully saturated rings. The van der Waals surface area contributed by atoms with E-state index in [1.54, 1.807) is 10.8 Å². The Balaban J connectivity index is 1.99. The van der Waals surface area contributed by atoms with Crippen molar-refractivity contribution in [2.24, 2.45) is 0 Å². The molecule has 0 saturated carbocycles. The third-order valence-electron chi connectivity index (χ3n) is 5.77. The van der Waals surface area contributed by atoms with Crippen molar-refractivity contribution < 1.29 is 18.5 Å². The molecule has 170 valence electrons. The molecule has 33 heavy (non-hydrogen) atoms. The number of nitrogens with zero attached hydrogens (tertiary/aromatic N) is 3. The van der Waals surface area contributed by atoms with Crippen LogP contribution in [0.25, 0.3) is 17.0 Å². The fourth-order valence-corrected chi connectivity index (χ4v) is 4.10. The van der Waals surface area contributed by atoms with Gasteiger partial charge in [0.25, 0.3) is 17.2 Å². The number of rotatable bonds is 7. The van der Waals surface area contributed by atoms with Crippen LogP contribution in [0.5, 0.6) is 0 Å². The van der Waals surface area contributed by atoms with Gasteiger partial charge in [0, 0.05) is 23.9 Å². The molecule has 8 heteroatoms. The molecule has 0 aliphatic carbocycles. The number of pyridine rings is 1. The van der Waals surface area contributed by atoms with Crippen LogP contribution in [0.3, 0.4) is 0 Å². The molecule has 7 nitrogen and oxygen atoms in total. The molecule has 0 saturated heterocycles. The van der Waals surface area contributed by atoms with E-state index in [1.165, 1.54) is 33.8 Å². The van der Waals surface area contributed by atoms with Crippen molar-refractivity contribution >= 4 is 23.1 Å². The maximum Gasteiger partial charge on any atom is 0.326 e. The summed E-state index contributed by atoms with van der Waals surface area (Å²) in [7, 11) is 0. The average molecular weight is 450 g/mol. The molecule has 4 rings (SSSR count). The predicted octanol–water partition coefficient (Wildman–Crippen LogP) is 2.86. The highest BCUT2D eigenvalue weighted by Crippen LogP contribution is 2.30. The molecule has 0 atom stereocenters. The SMILES string of the molecule is CCCN1C(=O)C(c2c(CC)[nH]n(-c3ccc(F)cc3)c2=O)=C([n+]2cccc(CC)c2)C1=O. The zero-order chi connectivity index (χ0) is 23.7. The van der Waals surface area contributed by atoms with E-state index < -0.39 is 23.2 Å². The van der Waals surface area contributed by atoms with Crippen molar-refractivity contribution in [1.82, 2.24) is 14.7 Å². The van der Waals surface area contributed by atoms with Crippen LogP contribution in [0.1, 0.15) is 44.0 Å². The zero-order valence-corrected chi connectivity index (χ0v) is 18.9. The fraction of sp³-hybridized carbons (Fsp3) is 0.280. The third kappa shape index (κ3) is 3.82. The quantitative estimate of drug-likeness (QED) is 0.445. The van der Waals surface area contributed by atoms with Gasteiger partial charge in [0.1, 0.15) is 11.4 Å². The van der Waals surface area contributed by atoms with Crippen LogP contribution in [0.4, 0.5) is 4.39 Å². The van der Waals surface area contributed by atoms with Crippen LogP contribution in [0, 0.1) is 5.82 Å². The molecule has 2 amide bonds. The lowest BCUT2D eigenvalue weighted by molar-refractivity contribution is -0.577. The van der Waals surface area contributed by atoms with Crippen LogP contribution in [0.2, 0.25) is 0 Å². The highest BCUT2D eigenvalue weighted by molar-refractivity contribution is 6.44. The van der Waals surface area contributed by atoms with E-state index in [9.17, 15) is 18.8 Å². The van der Waals surface area contributed by atoms with E-state index in [0.29, 0.717) is 24.2 Å². The van der Waals surface area contributed by atoms with E-state index in [0.717, 1.165) is 12.0 Å². The Morgan fingerprint density at radius 2 is 1.70 bits per heavy atom. The number of carbonyl (C=O) groups is 2. The van der Waals surface area contributed by atoms with Gasteiger partial charge < -0.3 is 0 Å². The lowest BCUT2D eigenvalue weighted by Gasteiger charge is -2.11. The second-order valence-electron chi connectivity index (χ2n) is 7.89. The molecular weight excluding hydrogens is 423 g/mol. The normalized spacial score (nSPS) is 14.0. The Kier molecular flexibility index (Phi) is 6.09. The highest BCUT2D eigenvalue weighted by Gasteiger charge is 2.47. The van der Waals surface area contributed by atoms with Crippen LogP contribution in [-0.2, 0) is 22.4 Å². The molecule has 3 aromatic rings. The topological polar surface area (TPSA) is 79.1 Å². The zero-order valence-electron chi connectivity index (χ0n) is 18.9. The monoisotopic (exact) mass is 449 g/mol. The summed E-state index contributed by atoms with van der Waals surface area (Å²) in [6, 6.07) is 9.25. The second-order valence-corrected chi connectivity index (χ2v) is 7.89. The summed E-state index contributed by atoms with van der Waals surface area (Å²) < 4.78 is 16.3. The number of benzene rings is 1. The van der Waals surface area contributed by atoms with Gasteiger partial charge in [-0.15, -0.1) is 0 Å². The van der Waals surface area contributed by atoms with Crippen LogP contribution < -0.4 is 10.1 Å². The number of aromatic nitrogens is 3. The van der Waals surface area contributed by atoms with Gasteiger partial charge in [-0.25, -0.2) is 9.07 Å². The molecule has 2 aromatic heterocycles. The standard InChI is InChI=1S/C25H25FN4O3/c1-4-13-29-23(31)21(22(25(29)33)28-14-7-8-16(5-2)15-28)20-19(6-3)27-30(24(20)32)18-11-9-17(26)10-12-18/h7-12,14-15H,4-6,13H2,1-3H3/p+1. The Hall–Kier alpha value is -3.81. The van der Waals surface area contributed by atoms with Gasteiger partial charge in [-0.3, -0.25) is 24.4 Å². The van der Waals surface area contributed by atoms with Gasteiger partial charge in [0.05, 0.1) is 11.3 Å². The maximum absolute atomic E-state index is 13.6. The number of imide groups is 1. The summed E-state index contributed by atoms with van der Waals surface area (Å²) in [6.45, 7) is 6.01. The number of aromatic amines is 1. The van der Waals surface area contributed by atoms with Gasteiger partial charge in [-0.2, -0.15) is 4.57 Å². The minimum Gasteiger partial charge on any atom is -0.294 e. The first-order chi connectivity index (χ1) is 15.9.